The summed E-state index contributed by atoms with van der Waals surface area (Å²) in [6, 6.07) is 8.44. The Morgan fingerprint density at radius 1 is 1.08 bits per heavy atom. The lowest BCUT2D eigenvalue weighted by Crippen LogP contribution is -2.51. The second-order valence-electron chi connectivity index (χ2n) is 9.26. The second kappa shape index (κ2) is 12.2. The van der Waals surface area contributed by atoms with E-state index in [1.165, 1.54) is 11.8 Å². The van der Waals surface area contributed by atoms with E-state index in [4.69, 9.17) is 11.6 Å². The molecule has 37 heavy (non-hydrogen) atoms. The van der Waals surface area contributed by atoms with Gasteiger partial charge in [-0.25, -0.2) is 8.42 Å². The highest BCUT2D eigenvalue weighted by Crippen LogP contribution is 2.36. The number of rotatable bonds is 10. The van der Waals surface area contributed by atoms with Gasteiger partial charge in [0.1, 0.15) is 12.6 Å². The van der Waals surface area contributed by atoms with Crippen molar-refractivity contribution in [3.8, 4) is 0 Å². The first kappa shape index (κ1) is 30.4. The lowest BCUT2D eigenvalue weighted by molar-refractivity contribution is -0.139. The van der Waals surface area contributed by atoms with Gasteiger partial charge in [0.15, 0.2) is 0 Å². The average Bonchev–Trinajstić information content (AvgIpc) is 2.78. The van der Waals surface area contributed by atoms with E-state index in [0.29, 0.717) is 22.5 Å². The number of aryl methyl sites for hydroxylation is 1. The molecule has 2 aromatic rings. The molecule has 2 amide bonds. The zero-order valence-corrected chi connectivity index (χ0v) is 22.8. The molecule has 0 aliphatic rings. The van der Waals surface area contributed by atoms with E-state index in [2.05, 4.69) is 5.32 Å². The molecule has 0 saturated carbocycles. The summed E-state index contributed by atoms with van der Waals surface area (Å²) in [6.45, 7) is 6.66. The third kappa shape index (κ3) is 8.63. The van der Waals surface area contributed by atoms with E-state index in [9.17, 15) is 31.2 Å². The van der Waals surface area contributed by atoms with Crippen LogP contribution in [0.2, 0.25) is 5.02 Å². The number of halogens is 4. The number of carbonyl (C=O) groups excluding carboxylic acids is 2. The molecule has 0 heterocycles. The highest BCUT2D eigenvalue weighted by molar-refractivity contribution is 7.92. The summed E-state index contributed by atoms with van der Waals surface area (Å²) in [6.07, 6.45) is -3.99. The highest BCUT2D eigenvalue weighted by Gasteiger charge is 2.34. The average molecular weight is 562 g/mol. The van der Waals surface area contributed by atoms with Gasteiger partial charge in [0.05, 0.1) is 22.5 Å². The number of carbonyl (C=O) groups is 2. The Morgan fingerprint density at radius 2 is 1.73 bits per heavy atom. The van der Waals surface area contributed by atoms with Crippen LogP contribution in [0.1, 0.15) is 37.5 Å². The summed E-state index contributed by atoms with van der Waals surface area (Å²) in [5.74, 6) is -1.08. The van der Waals surface area contributed by atoms with E-state index in [1.54, 1.807) is 12.1 Å². The summed E-state index contributed by atoms with van der Waals surface area (Å²) in [7, 11) is -4.24. The summed E-state index contributed by atoms with van der Waals surface area (Å²) in [5, 5.41) is 2.47. The maximum atomic E-state index is 13.5. The molecular weight excluding hydrogens is 531 g/mol. The van der Waals surface area contributed by atoms with Crippen LogP contribution in [-0.4, -0.2) is 50.5 Å². The fraction of sp³-hybridized carbons (Fsp3) is 0.440. The molecule has 0 radical (unpaired) electrons. The predicted octanol–water partition coefficient (Wildman–Crippen LogP) is 4.62. The number of nitrogens with one attached hydrogen (secondary N) is 1. The maximum Gasteiger partial charge on any atom is 0.416 e. The molecule has 2 rings (SSSR count). The number of nitrogens with zero attached hydrogens (tertiary/aromatic N) is 2. The number of sulfonamides is 1. The Morgan fingerprint density at radius 3 is 2.27 bits per heavy atom. The Hall–Kier alpha value is -2.79. The number of hydrogen-bond donors (Lipinski definition) is 1. The summed E-state index contributed by atoms with van der Waals surface area (Å²) >= 11 is 6.08. The van der Waals surface area contributed by atoms with Crippen LogP contribution in [-0.2, 0) is 32.3 Å². The van der Waals surface area contributed by atoms with Crippen LogP contribution in [0.5, 0.6) is 0 Å². The van der Waals surface area contributed by atoms with Crippen molar-refractivity contribution >= 4 is 39.1 Å². The first-order valence-electron chi connectivity index (χ1n) is 11.5. The van der Waals surface area contributed by atoms with E-state index in [1.807, 2.05) is 32.9 Å². The van der Waals surface area contributed by atoms with Crippen LogP contribution in [0.15, 0.2) is 42.5 Å². The van der Waals surface area contributed by atoms with Crippen molar-refractivity contribution in [3.63, 3.8) is 0 Å². The Balaban J connectivity index is 2.48. The Kier molecular flexibility index (Phi) is 10.0. The number of benzene rings is 2. The van der Waals surface area contributed by atoms with Crippen molar-refractivity contribution in [1.82, 2.24) is 10.2 Å². The normalized spacial score (nSPS) is 12.8. The third-order valence-corrected chi connectivity index (χ3v) is 6.95. The highest BCUT2D eigenvalue weighted by atomic mass is 35.5. The van der Waals surface area contributed by atoms with Crippen LogP contribution >= 0.6 is 11.6 Å². The van der Waals surface area contributed by atoms with Crippen molar-refractivity contribution in [2.75, 3.05) is 23.7 Å². The van der Waals surface area contributed by atoms with E-state index < -0.39 is 51.9 Å². The number of amides is 2. The van der Waals surface area contributed by atoms with Gasteiger partial charge in [0.25, 0.3) is 0 Å². The zero-order chi connectivity index (χ0) is 28.1. The molecule has 0 spiro atoms. The van der Waals surface area contributed by atoms with Gasteiger partial charge < -0.3 is 10.2 Å². The van der Waals surface area contributed by atoms with Gasteiger partial charge in [-0.15, -0.1) is 0 Å². The third-order valence-electron chi connectivity index (χ3n) is 5.51. The van der Waals surface area contributed by atoms with Gasteiger partial charge in [-0.3, -0.25) is 13.9 Å². The molecule has 0 aliphatic carbocycles. The van der Waals surface area contributed by atoms with Crippen molar-refractivity contribution in [3.05, 3.63) is 64.2 Å². The van der Waals surface area contributed by atoms with Crippen molar-refractivity contribution in [2.24, 2.45) is 5.92 Å². The van der Waals surface area contributed by atoms with Gasteiger partial charge in [0.2, 0.25) is 21.8 Å². The summed E-state index contributed by atoms with van der Waals surface area (Å²) in [5.41, 5.74) is 0.000921. The minimum Gasteiger partial charge on any atom is -0.354 e. The molecule has 1 atom stereocenters. The summed E-state index contributed by atoms with van der Waals surface area (Å²) in [4.78, 5) is 27.5. The van der Waals surface area contributed by atoms with Crippen molar-refractivity contribution < 1.29 is 31.2 Å². The summed E-state index contributed by atoms with van der Waals surface area (Å²) < 4.78 is 65.7. The molecule has 7 nitrogen and oxygen atoms in total. The lowest BCUT2D eigenvalue weighted by Gasteiger charge is -2.32. The fourth-order valence-electron chi connectivity index (χ4n) is 3.52. The minimum atomic E-state index is -4.76. The molecule has 204 valence electrons. The largest absolute Gasteiger partial charge is 0.416 e. The zero-order valence-electron chi connectivity index (χ0n) is 21.3. The van der Waals surface area contributed by atoms with Crippen LogP contribution in [0.4, 0.5) is 18.9 Å². The van der Waals surface area contributed by atoms with Crippen molar-refractivity contribution in [1.29, 1.82) is 0 Å². The monoisotopic (exact) mass is 561 g/mol. The molecule has 1 N–H and O–H groups in total. The SMILES string of the molecule is Cc1cccc(CN(C(=O)CN(c2cc(C(F)(F)F)ccc2Cl)S(C)(=O)=O)[C@@H](C)C(=O)NCC(C)C)c1. The van der Waals surface area contributed by atoms with Crippen LogP contribution < -0.4 is 9.62 Å². The molecule has 0 aromatic heterocycles. The quantitative estimate of drug-likeness (QED) is 0.458. The van der Waals surface area contributed by atoms with Gasteiger partial charge >= 0.3 is 6.18 Å². The van der Waals surface area contributed by atoms with Crippen LogP contribution in [0.3, 0.4) is 0 Å². The topological polar surface area (TPSA) is 86.8 Å². The molecule has 0 fully saturated rings. The number of anilines is 1. The first-order valence-corrected chi connectivity index (χ1v) is 13.7. The van der Waals surface area contributed by atoms with Gasteiger partial charge in [-0.1, -0.05) is 55.3 Å². The van der Waals surface area contributed by atoms with Gasteiger partial charge in [-0.05, 0) is 43.5 Å². The Labute approximate surface area is 220 Å². The van der Waals surface area contributed by atoms with Crippen LogP contribution in [0.25, 0.3) is 0 Å². The van der Waals surface area contributed by atoms with Gasteiger partial charge in [-0.2, -0.15) is 13.2 Å². The molecule has 12 heteroatoms. The predicted molar refractivity (Wildman–Crippen MR) is 138 cm³/mol. The smallest absolute Gasteiger partial charge is 0.354 e. The standard InChI is InChI=1S/C25H31ClF3N3O4S/c1-16(2)13-30-24(34)18(4)31(14-19-8-6-7-17(3)11-19)23(33)15-32(37(5,35)36)22-12-20(25(27,28)29)9-10-21(22)26/h6-12,16,18H,13-15H2,1-5H3,(H,30,34)/t18-/m0/s1. The Bertz CT molecular complexity index is 1240. The van der Waals surface area contributed by atoms with Crippen molar-refractivity contribution in [2.45, 2.75) is 46.5 Å². The second-order valence-corrected chi connectivity index (χ2v) is 11.6. The van der Waals surface area contributed by atoms with E-state index in [0.717, 1.165) is 24.0 Å². The molecular formula is C25H31ClF3N3O4S. The molecule has 0 aliphatic heterocycles. The number of alkyl halides is 3. The lowest BCUT2D eigenvalue weighted by atomic mass is 10.1. The fourth-order valence-corrected chi connectivity index (χ4v) is 4.64. The maximum absolute atomic E-state index is 13.5. The minimum absolute atomic E-state index is 0.0231. The first-order chi connectivity index (χ1) is 17.0. The van der Waals surface area contributed by atoms with E-state index in [-0.39, 0.29) is 17.5 Å². The molecule has 0 saturated heterocycles. The molecule has 0 unspecified atom stereocenters. The van der Waals surface area contributed by atoms with Crippen LogP contribution in [0, 0.1) is 12.8 Å². The van der Waals surface area contributed by atoms with E-state index >= 15 is 0 Å². The molecule has 0 bridgehead atoms. The number of hydrogen-bond acceptors (Lipinski definition) is 4. The molecule has 2 aromatic carbocycles. The van der Waals surface area contributed by atoms with Gasteiger partial charge in [0, 0.05) is 13.1 Å².